The maximum atomic E-state index is 13.4. The van der Waals surface area contributed by atoms with Crippen molar-refractivity contribution in [2.45, 2.75) is 13.0 Å². The fraction of sp³-hybridized carbons (Fsp3) is 0.143. The first-order valence-electron chi connectivity index (χ1n) is 5.98. The summed E-state index contributed by atoms with van der Waals surface area (Å²) < 4.78 is 20.2. The molecule has 0 spiro atoms. The van der Waals surface area contributed by atoms with Gasteiger partial charge in [-0.1, -0.05) is 0 Å². The predicted molar refractivity (Wildman–Crippen MR) is 82.1 cm³/mol. The zero-order chi connectivity index (χ0) is 14.3. The van der Waals surface area contributed by atoms with Gasteiger partial charge in [0.05, 0.1) is 0 Å². The van der Waals surface area contributed by atoms with Gasteiger partial charge in [0.2, 0.25) is 0 Å². The number of rotatable bonds is 3. The van der Waals surface area contributed by atoms with E-state index >= 15 is 0 Å². The summed E-state index contributed by atoms with van der Waals surface area (Å²) in [7, 11) is 0. The molecule has 104 valence electrons. The molecule has 20 heavy (non-hydrogen) atoms. The Morgan fingerprint density at radius 1 is 1.40 bits per heavy atom. The maximum absolute atomic E-state index is 13.4. The molecule has 0 aliphatic heterocycles. The van der Waals surface area contributed by atoms with Crippen LogP contribution in [0, 0.1) is 12.7 Å². The number of benzene rings is 1. The molecule has 3 N–H and O–H groups in total. The molecule has 3 nitrogen and oxygen atoms in total. The van der Waals surface area contributed by atoms with Gasteiger partial charge < -0.3 is 4.42 Å². The zero-order valence-electron chi connectivity index (χ0n) is 10.6. The minimum Gasteiger partial charge on any atom is -0.459 e. The summed E-state index contributed by atoms with van der Waals surface area (Å²) in [4.78, 5) is 0. The molecule has 0 fully saturated rings. The van der Waals surface area contributed by atoms with Gasteiger partial charge in [0.25, 0.3) is 0 Å². The van der Waals surface area contributed by atoms with E-state index in [1.807, 2.05) is 17.7 Å². The van der Waals surface area contributed by atoms with E-state index in [9.17, 15) is 4.39 Å². The van der Waals surface area contributed by atoms with Gasteiger partial charge in [-0.05, 0) is 46.4 Å². The van der Waals surface area contributed by atoms with Crippen molar-refractivity contribution in [3.8, 4) is 0 Å². The molecule has 3 aromatic rings. The highest BCUT2D eigenvalue weighted by molar-refractivity contribution is 9.10. The zero-order valence-corrected chi connectivity index (χ0v) is 13.0. The molecule has 3 rings (SSSR count). The molecule has 0 bridgehead atoms. The summed E-state index contributed by atoms with van der Waals surface area (Å²) in [5.74, 6) is 6.11. The van der Waals surface area contributed by atoms with Crippen LogP contribution >= 0.6 is 27.3 Å². The number of aryl methyl sites for hydroxylation is 1. The van der Waals surface area contributed by atoms with Crippen molar-refractivity contribution >= 4 is 38.2 Å². The quantitative estimate of drug-likeness (QED) is 0.545. The highest BCUT2D eigenvalue weighted by atomic mass is 79.9. The lowest BCUT2D eigenvalue weighted by Crippen LogP contribution is -2.28. The van der Waals surface area contributed by atoms with Crippen molar-refractivity contribution < 1.29 is 8.81 Å². The number of fused-ring (bicyclic) bond motifs is 1. The van der Waals surface area contributed by atoms with E-state index in [1.165, 1.54) is 12.1 Å². The number of nitrogens with two attached hydrogens (primary N) is 1. The van der Waals surface area contributed by atoms with E-state index in [0.29, 0.717) is 11.3 Å². The van der Waals surface area contributed by atoms with Crippen LogP contribution in [0.2, 0.25) is 0 Å². The van der Waals surface area contributed by atoms with Gasteiger partial charge in [-0.2, -0.15) is 11.3 Å². The van der Waals surface area contributed by atoms with Crippen LogP contribution in [0.5, 0.6) is 0 Å². The molecule has 1 atom stereocenters. The van der Waals surface area contributed by atoms with Gasteiger partial charge in [0, 0.05) is 26.4 Å². The minimum absolute atomic E-state index is 0.272. The number of furan rings is 1. The normalized spacial score (nSPS) is 13.0. The summed E-state index contributed by atoms with van der Waals surface area (Å²) in [6, 6.07) is 4.23. The number of hydrogen-bond acceptors (Lipinski definition) is 4. The Hall–Kier alpha value is -1.21. The van der Waals surface area contributed by atoms with E-state index in [2.05, 4.69) is 21.4 Å². The molecular formula is C14H12BrFN2OS. The average Bonchev–Trinajstić information content (AvgIpc) is 2.98. The summed E-state index contributed by atoms with van der Waals surface area (Å²) in [6.07, 6.45) is 0. The summed E-state index contributed by atoms with van der Waals surface area (Å²) in [5, 5.41) is 4.76. The van der Waals surface area contributed by atoms with Crippen LogP contribution in [0.4, 0.5) is 4.39 Å². The van der Waals surface area contributed by atoms with Gasteiger partial charge in [-0.25, -0.2) is 9.82 Å². The largest absolute Gasteiger partial charge is 0.459 e. The summed E-state index contributed by atoms with van der Waals surface area (Å²) in [5.41, 5.74) is 5.31. The van der Waals surface area contributed by atoms with Crippen molar-refractivity contribution in [3.63, 3.8) is 0 Å². The number of hydrogen-bond donors (Lipinski definition) is 2. The molecule has 6 heteroatoms. The molecular weight excluding hydrogens is 343 g/mol. The number of thiophene rings is 1. The third-order valence-electron chi connectivity index (χ3n) is 3.32. The highest BCUT2D eigenvalue weighted by Gasteiger charge is 2.23. The third kappa shape index (κ3) is 2.18. The van der Waals surface area contributed by atoms with Crippen molar-refractivity contribution in [1.82, 2.24) is 5.43 Å². The monoisotopic (exact) mass is 354 g/mol. The number of nitrogens with one attached hydrogen (secondary N) is 1. The number of halogens is 2. The summed E-state index contributed by atoms with van der Waals surface area (Å²) >= 11 is 5.07. The maximum Gasteiger partial charge on any atom is 0.134 e. The fourth-order valence-corrected chi connectivity index (χ4v) is 3.84. The van der Waals surface area contributed by atoms with Crippen LogP contribution in [0.3, 0.4) is 0 Å². The first kappa shape index (κ1) is 13.8. The number of hydrazine groups is 1. The fourth-order valence-electron chi connectivity index (χ4n) is 2.29. The van der Waals surface area contributed by atoms with Gasteiger partial charge in [-0.15, -0.1) is 0 Å². The van der Waals surface area contributed by atoms with E-state index in [4.69, 9.17) is 10.3 Å². The molecule has 0 aliphatic carbocycles. The molecule has 1 aromatic carbocycles. The van der Waals surface area contributed by atoms with Crippen LogP contribution in [-0.2, 0) is 0 Å². The SMILES string of the molecule is Cc1c(C(NN)c2cscc2Br)oc2ccc(F)cc12. The second kappa shape index (κ2) is 5.29. The molecule has 0 saturated carbocycles. The van der Waals surface area contributed by atoms with Crippen molar-refractivity contribution in [2.24, 2.45) is 5.84 Å². The Balaban J connectivity index is 2.18. The standard InChI is InChI=1S/C14H12BrFN2OS/c1-7-9-4-8(16)2-3-12(9)19-14(7)13(18-17)10-5-20-6-11(10)15/h2-6,13,18H,17H2,1H3. The lowest BCUT2D eigenvalue weighted by atomic mass is 10.0. The molecule has 0 radical (unpaired) electrons. The topological polar surface area (TPSA) is 51.2 Å². The Labute approximate surface area is 127 Å². The first-order valence-corrected chi connectivity index (χ1v) is 7.71. The van der Waals surface area contributed by atoms with Crippen LogP contribution in [0.1, 0.15) is 22.9 Å². The molecule has 0 saturated heterocycles. The van der Waals surface area contributed by atoms with Gasteiger partial charge in [-0.3, -0.25) is 5.84 Å². The molecule has 2 heterocycles. The lowest BCUT2D eigenvalue weighted by molar-refractivity contribution is 0.473. The second-order valence-corrected chi connectivity index (χ2v) is 6.10. The van der Waals surface area contributed by atoms with Crippen molar-refractivity contribution in [3.05, 3.63) is 56.1 Å². The van der Waals surface area contributed by atoms with E-state index in [-0.39, 0.29) is 11.9 Å². The van der Waals surface area contributed by atoms with Crippen molar-refractivity contribution in [2.75, 3.05) is 0 Å². The molecule has 0 aliphatic rings. The van der Waals surface area contributed by atoms with Gasteiger partial charge in [0.1, 0.15) is 23.2 Å². The predicted octanol–water partition coefficient (Wildman–Crippen LogP) is 4.26. The van der Waals surface area contributed by atoms with E-state index < -0.39 is 0 Å². The van der Waals surface area contributed by atoms with Gasteiger partial charge >= 0.3 is 0 Å². The average molecular weight is 355 g/mol. The van der Waals surface area contributed by atoms with Crippen LogP contribution in [-0.4, -0.2) is 0 Å². The van der Waals surface area contributed by atoms with E-state index in [0.717, 1.165) is 21.0 Å². The lowest BCUT2D eigenvalue weighted by Gasteiger charge is -2.14. The summed E-state index contributed by atoms with van der Waals surface area (Å²) in [6.45, 7) is 1.91. The second-order valence-electron chi connectivity index (χ2n) is 4.51. The molecule has 1 unspecified atom stereocenters. The molecule has 0 amide bonds. The third-order valence-corrected chi connectivity index (χ3v) is 5.07. The first-order chi connectivity index (χ1) is 9.61. The van der Waals surface area contributed by atoms with Crippen molar-refractivity contribution in [1.29, 1.82) is 0 Å². The van der Waals surface area contributed by atoms with Crippen LogP contribution in [0.25, 0.3) is 11.0 Å². The Kier molecular flexibility index (Phi) is 3.64. The Morgan fingerprint density at radius 2 is 2.20 bits per heavy atom. The Bertz CT molecular complexity index is 768. The van der Waals surface area contributed by atoms with E-state index in [1.54, 1.807) is 17.4 Å². The smallest absolute Gasteiger partial charge is 0.134 e. The van der Waals surface area contributed by atoms with Crippen LogP contribution in [0.15, 0.2) is 37.8 Å². The van der Waals surface area contributed by atoms with Gasteiger partial charge in [0.15, 0.2) is 0 Å². The minimum atomic E-state index is -0.276. The van der Waals surface area contributed by atoms with Crippen LogP contribution < -0.4 is 11.3 Å². The highest BCUT2D eigenvalue weighted by Crippen LogP contribution is 2.36. The molecule has 2 aromatic heterocycles. The Morgan fingerprint density at radius 3 is 2.85 bits per heavy atom.